The quantitative estimate of drug-likeness (QED) is 0.635. The number of benzene rings is 2. The minimum Gasteiger partial charge on any atom is -0.297 e. The Morgan fingerprint density at radius 2 is 1.50 bits per heavy atom. The van der Waals surface area contributed by atoms with E-state index in [1.54, 1.807) is 0 Å². The van der Waals surface area contributed by atoms with E-state index in [0.717, 1.165) is 29.9 Å². The molecule has 1 heterocycles. The van der Waals surface area contributed by atoms with E-state index in [1.165, 1.54) is 25.7 Å². The van der Waals surface area contributed by atoms with E-state index in [0.29, 0.717) is 11.3 Å². The second-order valence-electron chi connectivity index (χ2n) is 6.65. The number of para-hydroxylation sites is 2. The lowest BCUT2D eigenvalue weighted by Crippen LogP contribution is -2.20. The van der Waals surface area contributed by atoms with Crippen molar-refractivity contribution < 1.29 is 0 Å². The number of fused-ring (bicyclic) bond motifs is 1. The first kappa shape index (κ1) is 15.1. The van der Waals surface area contributed by atoms with Gasteiger partial charge >= 0.3 is 0 Å². The van der Waals surface area contributed by atoms with Crippen LogP contribution in [0.2, 0.25) is 0 Å². The van der Waals surface area contributed by atoms with Crippen molar-refractivity contribution in [1.82, 2.24) is 9.55 Å². The number of hydrogen-bond donors (Lipinski definition) is 0. The lowest BCUT2D eigenvalue weighted by Gasteiger charge is -2.21. The third-order valence-electron chi connectivity index (χ3n) is 5.06. The van der Waals surface area contributed by atoms with Crippen LogP contribution in [-0.4, -0.2) is 9.55 Å². The minimum atomic E-state index is -0.1000. The first-order valence-electron chi connectivity index (χ1n) is 8.92. The SMILES string of the molecule is O=c1nc(C2CCCCCC2)n(-c2ccccc2)c2ccccc12. The monoisotopic (exact) mass is 318 g/mol. The number of nitrogens with zero attached hydrogens (tertiary/aromatic N) is 2. The molecule has 0 radical (unpaired) electrons. The molecule has 1 aromatic heterocycles. The Morgan fingerprint density at radius 1 is 0.833 bits per heavy atom. The number of rotatable bonds is 2. The molecule has 1 saturated carbocycles. The normalized spacial score (nSPS) is 16.2. The van der Waals surface area contributed by atoms with Crippen molar-refractivity contribution in [3.63, 3.8) is 0 Å². The summed E-state index contributed by atoms with van der Waals surface area (Å²) in [4.78, 5) is 17.1. The smallest absolute Gasteiger partial charge is 0.280 e. The van der Waals surface area contributed by atoms with E-state index in [2.05, 4.69) is 21.7 Å². The maximum absolute atomic E-state index is 12.6. The summed E-state index contributed by atoms with van der Waals surface area (Å²) < 4.78 is 2.20. The summed E-state index contributed by atoms with van der Waals surface area (Å²) in [6.45, 7) is 0. The highest BCUT2D eigenvalue weighted by Gasteiger charge is 2.22. The van der Waals surface area contributed by atoms with Gasteiger partial charge in [-0.25, -0.2) is 0 Å². The van der Waals surface area contributed by atoms with Crippen LogP contribution in [0.15, 0.2) is 59.4 Å². The van der Waals surface area contributed by atoms with Crippen molar-refractivity contribution in [2.24, 2.45) is 0 Å². The molecule has 0 spiro atoms. The molecule has 2 aromatic carbocycles. The van der Waals surface area contributed by atoms with Gasteiger partial charge in [-0.1, -0.05) is 56.0 Å². The number of hydrogen-bond acceptors (Lipinski definition) is 2. The standard InChI is InChI=1S/C21H22N2O/c24-21-18-14-8-9-15-19(18)23(17-12-6-3-7-13-17)20(22-21)16-10-4-1-2-5-11-16/h3,6-9,12-16H,1-2,4-5,10-11H2. The van der Waals surface area contributed by atoms with Gasteiger partial charge in [0.2, 0.25) is 0 Å². The van der Waals surface area contributed by atoms with E-state index in [4.69, 9.17) is 0 Å². The highest BCUT2D eigenvalue weighted by Crippen LogP contribution is 2.32. The Kier molecular flexibility index (Phi) is 4.16. The largest absolute Gasteiger partial charge is 0.297 e. The summed E-state index contributed by atoms with van der Waals surface area (Å²) in [6.07, 6.45) is 7.28. The highest BCUT2D eigenvalue weighted by molar-refractivity contribution is 5.80. The van der Waals surface area contributed by atoms with Gasteiger partial charge in [-0.2, -0.15) is 4.98 Å². The van der Waals surface area contributed by atoms with Crippen molar-refractivity contribution >= 4 is 10.9 Å². The molecule has 0 atom stereocenters. The van der Waals surface area contributed by atoms with Crippen LogP contribution in [0.5, 0.6) is 0 Å². The predicted molar refractivity (Wildman–Crippen MR) is 97.8 cm³/mol. The average Bonchev–Trinajstić information content (AvgIpc) is 2.92. The fourth-order valence-corrected chi connectivity index (χ4v) is 3.85. The highest BCUT2D eigenvalue weighted by atomic mass is 16.1. The molecule has 3 heteroatoms. The van der Waals surface area contributed by atoms with Crippen LogP contribution in [0, 0.1) is 0 Å². The van der Waals surface area contributed by atoms with Crippen molar-refractivity contribution in [1.29, 1.82) is 0 Å². The van der Waals surface area contributed by atoms with Gasteiger partial charge in [-0.3, -0.25) is 9.36 Å². The van der Waals surface area contributed by atoms with E-state index in [9.17, 15) is 4.79 Å². The Hall–Kier alpha value is -2.42. The lowest BCUT2D eigenvalue weighted by atomic mass is 9.98. The van der Waals surface area contributed by atoms with E-state index >= 15 is 0 Å². The zero-order valence-electron chi connectivity index (χ0n) is 13.8. The van der Waals surface area contributed by atoms with Gasteiger partial charge < -0.3 is 0 Å². The molecule has 0 N–H and O–H groups in total. The van der Waals surface area contributed by atoms with Gasteiger partial charge in [0, 0.05) is 11.6 Å². The minimum absolute atomic E-state index is 0.1000. The Balaban J connectivity index is 1.99. The van der Waals surface area contributed by atoms with Gasteiger partial charge in [-0.05, 0) is 37.1 Å². The van der Waals surface area contributed by atoms with E-state index in [-0.39, 0.29) is 5.56 Å². The first-order chi connectivity index (χ1) is 11.8. The average molecular weight is 318 g/mol. The van der Waals surface area contributed by atoms with Crippen molar-refractivity contribution in [2.75, 3.05) is 0 Å². The molecular formula is C21H22N2O. The summed E-state index contributed by atoms with van der Waals surface area (Å²) >= 11 is 0. The van der Waals surface area contributed by atoms with Crippen LogP contribution in [0.25, 0.3) is 16.6 Å². The maximum Gasteiger partial charge on any atom is 0.280 e. The molecule has 4 rings (SSSR count). The summed E-state index contributed by atoms with van der Waals surface area (Å²) in [7, 11) is 0. The molecule has 1 fully saturated rings. The zero-order chi connectivity index (χ0) is 16.4. The van der Waals surface area contributed by atoms with Crippen LogP contribution in [0.3, 0.4) is 0 Å². The van der Waals surface area contributed by atoms with E-state index in [1.807, 2.05) is 42.5 Å². The molecular weight excluding hydrogens is 296 g/mol. The third-order valence-corrected chi connectivity index (χ3v) is 5.06. The second kappa shape index (κ2) is 6.60. The third kappa shape index (κ3) is 2.75. The molecule has 0 bridgehead atoms. The first-order valence-corrected chi connectivity index (χ1v) is 8.92. The van der Waals surface area contributed by atoms with Gasteiger partial charge in [0.25, 0.3) is 5.56 Å². The molecule has 1 aliphatic rings. The molecule has 122 valence electrons. The van der Waals surface area contributed by atoms with Gasteiger partial charge in [-0.15, -0.1) is 0 Å². The molecule has 3 nitrogen and oxygen atoms in total. The Labute approximate surface area is 142 Å². The summed E-state index contributed by atoms with van der Waals surface area (Å²) in [6, 6.07) is 18.1. The fourth-order valence-electron chi connectivity index (χ4n) is 3.85. The molecule has 3 aromatic rings. The zero-order valence-corrected chi connectivity index (χ0v) is 13.8. The molecule has 0 aliphatic heterocycles. The van der Waals surface area contributed by atoms with Crippen LogP contribution in [0.1, 0.15) is 50.3 Å². The number of aromatic nitrogens is 2. The predicted octanol–water partition coefficient (Wildman–Crippen LogP) is 4.82. The molecule has 0 unspecified atom stereocenters. The van der Waals surface area contributed by atoms with Gasteiger partial charge in [0.15, 0.2) is 0 Å². The lowest BCUT2D eigenvalue weighted by molar-refractivity contribution is 0.548. The fraction of sp³-hybridized carbons (Fsp3) is 0.333. The van der Waals surface area contributed by atoms with Crippen LogP contribution < -0.4 is 5.56 Å². The topological polar surface area (TPSA) is 34.9 Å². The van der Waals surface area contributed by atoms with Crippen LogP contribution >= 0.6 is 0 Å². The molecule has 24 heavy (non-hydrogen) atoms. The van der Waals surface area contributed by atoms with Crippen molar-refractivity contribution in [2.45, 2.75) is 44.4 Å². The Bertz CT molecular complexity index is 891. The second-order valence-corrected chi connectivity index (χ2v) is 6.65. The van der Waals surface area contributed by atoms with Crippen LogP contribution in [0.4, 0.5) is 0 Å². The summed E-state index contributed by atoms with van der Waals surface area (Å²) in [5, 5.41) is 0.693. The maximum atomic E-state index is 12.6. The Morgan fingerprint density at radius 3 is 2.25 bits per heavy atom. The summed E-state index contributed by atoms with van der Waals surface area (Å²) in [5.74, 6) is 1.30. The van der Waals surface area contributed by atoms with Crippen molar-refractivity contribution in [3.8, 4) is 5.69 Å². The van der Waals surface area contributed by atoms with Gasteiger partial charge in [0.05, 0.1) is 10.9 Å². The van der Waals surface area contributed by atoms with Crippen LogP contribution in [-0.2, 0) is 0 Å². The van der Waals surface area contributed by atoms with E-state index < -0.39 is 0 Å². The summed E-state index contributed by atoms with van der Waals surface area (Å²) in [5.41, 5.74) is 1.94. The molecule has 0 saturated heterocycles. The molecule has 0 amide bonds. The molecule has 1 aliphatic carbocycles. The van der Waals surface area contributed by atoms with Gasteiger partial charge in [0.1, 0.15) is 5.82 Å². The van der Waals surface area contributed by atoms with Crippen molar-refractivity contribution in [3.05, 3.63) is 70.8 Å².